The average Bonchev–Trinajstić information content (AvgIpc) is 3.27. The molecule has 0 radical (unpaired) electrons. The van der Waals surface area contributed by atoms with Crippen molar-refractivity contribution in [1.29, 1.82) is 0 Å². The Kier molecular flexibility index (Phi) is 4.56. The Morgan fingerprint density at radius 3 is 2.75 bits per heavy atom. The molecular formula is C20H26N2O2. The van der Waals surface area contributed by atoms with Gasteiger partial charge in [0, 0.05) is 23.7 Å². The number of rotatable bonds is 6. The van der Waals surface area contributed by atoms with E-state index in [4.69, 9.17) is 14.5 Å². The van der Waals surface area contributed by atoms with Gasteiger partial charge < -0.3 is 14.4 Å². The molecule has 24 heavy (non-hydrogen) atoms. The van der Waals surface area contributed by atoms with Gasteiger partial charge in [-0.15, -0.1) is 0 Å². The fourth-order valence-corrected chi connectivity index (χ4v) is 3.89. The molecule has 2 aromatic rings. The lowest BCUT2D eigenvalue weighted by molar-refractivity contribution is 0.254. The number of aryl methyl sites for hydroxylation is 2. The van der Waals surface area contributed by atoms with Crippen molar-refractivity contribution in [2.24, 2.45) is 0 Å². The summed E-state index contributed by atoms with van der Waals surface area (Å²) in [7, 11) is 1.71. The minimum atomic E-state index is 0.726. The highest BCUT2D eigenvalue weighted by atomic mass is 16.5. The van der Waals surface area contributed by atoms with Crippen molar-refractivity contribution in [3.8, 4) is 11.5 Å². The van der Waals surface area contributed by atoms with Crippen LogP contribution in [0.1, 0.15) is 36.9 Å². The molecule has 4 nitrogen and oxygen atoms in total. The minimum Gasteiger partial charge on any atom is -0.493 e. The van der Waals surface area contributed by atoms with E-state index in [1.807, 2.05) is 6.07 Å². The van der Waals surface area contributed by atoms with Gasteiger partial charge in [0.05, 0.1) is 19.2 Å². The number of pyridine rings is 1. The number of nitrogens with zero attached hydrogens (tertiary/aromatic N) is 2. The van der Waals surface area contributed by atoms with E-state index in [-0.39, 0.29) is 0 Å². The highest BCUT2D eigenvalue weighted by Crippen LogP contribution is 2.34. The number of fused-ring (bicyclic) bond motifs is 2. The summed E-state index contributed by atoms with van der Waals surface area (Å²) in [4.78, 5) is 7.36. The Balaban J connectivity index is 1.47. The molecular weight excluding hydrogens is 300 g/mol. The van der Waals surface area contributed by atoms with Crippen LogP contribution in [0, 0.1) is 0 Å². The van der Waals surface area contributed by atoms with E-state index in [1.54, 1.807) is 7.11 Å². The van der Waals surface area contributed by atoms with Crippen molar-refractivity contribution in [2.75, 3.05) is 33.4 Å². The summed E-state index contributed by atoms with van der Waals surface area (Å²) in [6, 6.07) is 6.38. The van der Waals surface area contributed by atoms with Crippen LogP contribution in [0.3, 0.4) is 0 Å². The summed E-state index contributed by atoms with van der Waals surface area (Å²) in [6.07, 6.45) is 7.21. The van der Waals surface area contributed by atoms with Crippen molar-refractivity contribution in [3.05, 3.63) is 29.5 Å². The Morgan fingerprint density at radius 1 is 1.04 bits per heavy atom. The van der Waals surface area contributed by atoms with E-state index in [9.17, 15) is 0 Å². The van der Waals surface area contributed by atoms with Gasteiger partial charge in [-0.3, -0.25) is 4.98 Å². The smallest absolute Gasteiger partial charge is 0.163 e. The summed E-state index contributed by atoms with van der Waals surface area (Å²) in [6.45, 7) is 4.34. The number of likely N-dealkylation sites (tertiary alicyclic amines) is 1. The predicted octanol–water partition coefficient (Wildman–Crippen LogP) is 3.60. The Bertz CT molecular complexity index is 723. The number of hydrogen-bond acceptors (Lipinski definition) is 4. The summed E-state index contributed by atoms with van der Waals surface area (Å²) in [5, 5.41) is 1.15. The number of hydrogen-bond donors (Lipinski definition) is 0. The third kappa shape index (κ3) is 3.20. The van der Waals surface area contributed by atoms with Crippen molar-refractivity contribution in [3.63, 3.8) is 0 Å². The number of methoxy groups -OCH3 is 1. The number of aromatic nitrogens is 1. The summed E-state index contributed by atoms with van der Waals surface area (Å²) < 4.78 is 11.6. The fraction of sp³-hybridized carbons (Fsp3) is 0.550. The molecule has 0 spiro atoms. The van der Waals surface area contributed by atoms with Gasteiger partial charge in [0.15, 0.2) is 11.5 Å². The maximum Gasteiger partial charge on any atom is 0.163 e. The van der Waals surface area contributed by atoms with Crippen LogP contribution in [0.15, 0.2) is 18.2 Å². The first-order valence-corrected chi connectivity index (χ1v) is 9.19. The molecule has 0 amide bonds. The zero-order valence-electron chi connectivity index (χ0n) is 14.5. The Labute approximate surface area is 143 Å². The van der Waals surface area contributed by atoms with Crippen molar-refractivity contribution < 1.29 is 9.47 Å². The molecule has 1 saturated heterocycles. The highest BCUT2D eigenvalue weighted by molar-refractivity contribution is 5.83. The molecule has 1 aromatic heterocycles. The van der Waals surface area contributed by atoms with E-state index in [0.717, 1.165) is 54.8 Å². The van der Waals surface area contributed by atoms with E-state index < -0.39 is 0 Å². The monoisotopic (exact) mass is 326 g/mol. The molecule has 128 valence electrons. The molecule has 1 fully saturated rings. The van der Waals surface area contributed by atoms with Gasteiger partial charge in [0.2, 0.25) is 0 Å². The predicted molar refractivity (Wildman–Crippen MR) is 96.1 cm³/mol. The quantitative estimate of drug-likeness (QED) is 0.760. The molecule has 1 aliphatic carbocycles. The normalized spacial score (nSPS) is 17.4. The lowest BCUT2D eigenvalue weighted by atomic mass is 10.1. The lowest BCUT2D eigenvalue weighted by Crippen LogP contribution is -2.21. The second kappa shape index (κ2) is 6.98. The summed E-state index contributed by atoms with van der Waals surface area (Å²) >= 11 is 0. The third-order valence-corrected chi connectivity index (χ3v) is 5.20. The van der Waals surface area contributed by atoms with Crippen molar-refractivity contribution in [2.45, 2.75) is 38.5 Å². The van der Waals surface area contributed by atoms with E-state index in [1.165, 1.54) is 43.6 Å². The first-order valence-electron chi connectivity index (χ1n) is 9.19. The molecule has 0 saturated carbocycles. The molecule has 1 aromatic carbocycles. The van der Waals surface area contributed by atoms with Crippen LogP contribution in [0.5, 0.6) is 11.5 Å². The van der Waals surface area contributed by atoms with Crippen LogP contribution in [-0.4, -0.2) is 43.2 Å². The van der Waals surface area contributed by atoms with E-state index in [2.05, 4.69) is 17.0 Å². The maximum atomic E-state index is 6.02. The van der Waals surface area contributed by atoms with E-state index >= 15 is 0 Å². The molecule has 1 aliphatic heterocycles. The van der Waals surface area contributed by atoms with Crippen LogP contribution in [0.4, 0.5) is 0 Å². The SMILES string of the molecule is COc1cc2cc3c(nc2cc1OCCCN1CCCC1)CCC3. The topological polar surface area (TPSA) is 34.6 Å². The zero-order chi connectivity index (χ0) is 16.4. The molecule has 4 heteroatoms. The number of benzene rings is 1. The van der Waals surface area contributed by atoms with Crippen molar-refractivity contribution >= 4 is 10.9 Å². The Morgan fingerprint density at radius 2 is 1.92 bits per heavy atom. The summed E-state index contributed by atoms with van der Waals surface area (Å²) in [5.74, 6) is 1.63. The summed E-state index contributed by atoms with van der Waals surface area (Å²) in [5.41, 5.74) is 3.67. The molecule has 2 aliphatic rings. The van der Waals surface area contributed by atoms with Gasteiger partial charge in [0.25, 0.3) is 0 Å². The molecule has 0 N–H and O–H groups in total. The minimum absolute atomic E-state index is 0.726. The molecule has 0 unspecified atom stereocenters. The van der Waals surface area contributed by atoms with Crippen LogP contribution in [-0.2, 0) is 12.8 Å². The fourth-order valence-electron chi connectivity index (χ4n) is 3.89. The first kappa shape index (κ1) is 15.7. The maximum absolute atomic E-state index is 6.02. The molecule has 2 heterocycles. The van der Waals surface area contributed by atoms with Gasteiger partial charge in [-0.05, 0) is 69.3 Å². The first-order chi connectivity index (χ1) is 11.8. The molecule has 0 bridgehead atoms. The van der Waals surface area contributed by atoms with Crippen molar-refractivity contribution in [1.82, 2.24) is 9.88 Å². The van der Waals surface area contributed by atoms with Crippen LogP contribution in [0.2, 0.25) is 0 Å². The number of ether oxygens (including phenoxy) is 2. The second-order valence-corrected chi connectivity index (χ2v) is 6.89. The van der Waals surface area contributed by atoms with Gasteiger partial charge in [0.1, 0.15) is 0 Å². The van der Waals surface area contributed by atoms with E-state index in [0.29, 0.717) is 0 Å². The standard InChI is InChI=1S/C20H26N2O2/c1-23-19-13-16-12-15-6-4-7-17(15)21-18(16)14-20(19)24-11-5-10-22-8-2-3-9-22/h12-14H,2-11H2,1H3. The lowest BCUT2D eigenvalue weighted by Gasteiger charge is -2.16. The van der Waals surface area contributed by atoms with Crippen LogP contribution in [0.25, 0.3) is 10.9 Å². The zero-order valence-corrected chi connectivity index (χ0v) is 14.5. The average molecular weight is 326 g/mol. The molecule has 4 rings (SSSR count). The molecule has 0 atom stereocenters. The largest absolute Gasteiger partial charge is 0.493 e. The Hall–Kier alpha value is -1.81. The second-order valence-electron chi connectivity index (χ2n) is 6.89. The van der Waals surface area contributed by atoms with Gasteiger partial charge in [-0.1, -0.05) is 0 Å². The van der Waals surface area contributed by atoms with Crippen LogP contribution < -0.4 is 9.47 Å². The van der Waals surface area contributed by atoms with Gasteiger partial charge >= 0.3 is 0 Å². The van der Waals surface area contributed by atoms with Gasteiger partial charge in [-0.25, -0.2) is 0 Å². The third-order valence-electron chi connectivity index (χ3n) is 5.20. The highest BCUT2D eigenvalue weighted by Gasteiger charge is 2.16. The van der Waals surface area contributed by atoms with Crippen LogP contribution >= 0.6 is 0 Å². The van der Waals surface area contributed by atoms with Gasteiger partial charge in [-0.2, -0.15) is 0 Å².